The number of rotatable bonds is 5. The smallest absolute Gasteiger partial charge is 0.238 e. The van der Waals surface area contributed by atoms with Crippen molar-refractivity contribution in [3.63, 3.8) is 0 Å². The van der Waals surface area contributed by atoms with Crippen LogP contribution in [-0.2, 0) is 13.1 Å². The van der Waals surface area contributed by atoms with Crippen molar-refractivity contribution in [1.29, 1.82) is 0 Å². The Morgan fingerprint density at radius 2 is 1.26 bits per heavy atom. The van der Waals surface area contributed by atoms with Gasteiger partial charge in [-0.15, -0.1) is 0 Å². The highest BCUT2D eigenvalue weighted by molar-refractivity contribution is 6.33. The molecule has 0 saturated carbocycles. The van der Waals surface area contributed by atoms with Gasteiger partial charge < -0.3 is 4.57 Å². The minimum absolute atomic E-state index is 0.758. The molecule has 0 aliphatic carbocycles. The van der Waals surface area contributed by atoms with E-state index in [1.165, 1.54) is 32.9 Å². The lowest BCUT2D eigenvalue weighted by Crippen LogP contribution is -2.37. The van der Waals surface area contributed by atoms with Gasteiger partial charge in [0.2, 0.25) is 5.69 Å². The van der Waals surface area contributed by atoms with Gasteiger partial charge in [-0.3, -0.25) is 0 Å². The second-order valence-corrected chi connectivity index (χ2v) is 9.02. The molecule has 34 heavy (non-hydrogen) atoms. The van der Waals surface area contributed by atoms with E-state index in [-0.39, 0.29) is 0 Å². The van der Waals surface area contributed by atoms with Crippen molar-refractivity contribution in [2.45, 2.75) is 13.1 Å². The predicted molar refractivity (Wildman–Crippen MR) is 141 cm³/mol. The lowest BCUT2D eigenvalue weighted by molar-refractivity contribution is -0.676. The molecular formula is C31H24ClN2+. The number of benzene rings is 4. The van der Waals surface area contributed by atoms with Gasteiger partial charge in [0.25, 0.3) is 0 Å². The summed E-state index contributed by atoms with van der Waals surface area (Å²) in [6.07, 6.45) is 2.20. The summed E-state index contributed by atoms with van der Waals surface area (Å²) in [7, 11) is 0. The van der Waals surface area contributed by atoms with Crippen molar-refractivity contribution < 1.29 is 4.57 Å². The maximum absolute atomic E-state index is 6.82. The Morgan fingerprint density at radius 1 is 0.618 bits per heavy atom. The normalized spacial score (nSPS) is 11.3. The van der Waals surface area contributed by atoms with Gasteiger partial charge >= 0.3 is 0 Å². The molecule has 0 spiro atoms. The van der Waals surface area contributed by atoms with Crippen molar-refractivity contribution in [3.8, 4) is 11.3 Å². The number of hydrogen-bond donors (Lipinski definition) is 0. The molecule has 3 heteroatoms. The molecule has 0 unspecified atom stereocenters. The van der Waals surface area contributed by atoms with Gasteiger partial charge in [-0.1, -0.05) is 103 Å². The lowest BCUT2D eigenvalue weighted by Gasteiger charge is -2.12. The number of halogens is 1. The summed E-state index contributed by atoms with van der Waals surface area (Å²) < 4.78 is 4.78. The summed E-state index contributed by atoms with van der Waals surface area (Å²) >= 11 is 6.82. The van der Waals surface area contributed by atoms with Gasteiger partial charge in [0.05, 0.1) is 10.6 Å². The van der Waals surface area contributed by atoms with Gasteiger partial charge in [0.1, 0.15) is 5.52 Å². The molecule has 2 aromatic heterocycles. The van der Waals surface area contributed by atoms with E-state index in [2.05, 4.69) is 118 Å². The predicted octanol–water partition coefficient (Wildman–Crippen LogP) is 7.50. The van der Waals surface area contributed by atoms with E-state index in [4.69, 9.17) is 11.6 Å². The second-order valence-electron chi connectivity index (χ2n) is 8.61. The number of para-hydroxylation sites is 1. The molecule has 0 atom stereocenters. The minimum Gasteiger partial charge on any atom is -0.331 e. The van der Waals surface area contributed by atoms with Crippen LogP contribution in [0.2, 0.25) is 5.02 Å². The van der Waals surface area contributed by atoms with Crippen LogP contribution in [0.5, 0.6) is 0 Å². The maximum atomic E-state index is 6.82. The van der Waals surface area contributed by atoms with E-state index in [0.717, 1.165) is 29.4 Å². The Kier molecular flexibility index (Phi) is 5.37. The van der Waals surface area contributed by atoms with E-state index >= 15 is 0 Å². The van der Waals surface area contributed by atoms with Crippen LogP contribution in [-0.4, -0.2) is 4.57 Å². The van der Waals surface area contributed by atoms with Gasteiger partial charge in [-0.2, -0.15) is 4.57 Å². The van der Waals surface area contributed by atoms with Crippen molar-refractivity contribution in [2.24, 2.45) is 0 Å². The molecule has 0 saturated heterocycles. The third-order valence-corrected chi connectivity index (χ3v) is 6.78. The zero-order chi connectivity index (χ0) is 22.9. The molecule has 164 valence electrons. The fraction of sp³-hybridized carbons (Fsp3) is 0.0645. The Bertz CT molecular complexity index is 1600. The molecule has 0 aliphatic rings. The molecule has 6 rings (SSSR count). The van der Waals surface area contributed by atoms with Crippen molar-refractivity contribution >= 4 is 33.4 Å². The van der Waals surface area contributed by atoms with Gasteiger partial charge in [-0.05, 0) is 23.8 Å². The Morgan fingerprint density at radius 3 is 2.03 bits per heavy atom. The standard InChI is InChI=1S/C31H24ClN2/c32-28-17-9-7-16-27(28)30-31-26(19-20-33(30)21-23-11-3-1-4-12-23)25-15-8-10-18-29(25)34(31)22-24-13-5-2-6-14-24/h1-20H,21-22H2/q+1. The Balaban J connectivity index is 1.70. The highest BCUT2D eigenvalue weighted by atomic mass is 35.5. The summed E-state index contributed by atoms with van der Waals surface area (Å²) in [5, 5.41) is 3.26. The molecular weight excluding hydrogens is 436 g/mol. The van der Waals surface area contributed by atoms with Gasteiger partial charge in [0.15, 0.2) is 12.7 Å². The van der Waals surface area contributed by atoms with Crippen LogP contribution in [0.1, 0.15) is 11.1 Å². The number of aromatic nitrogens is 2. The first-order chi connectivity index (χ1) is 16.8. The highest BCUT2D eigenvalue weighted by Crippen LogP contribution is 2.37. The summed E-state index contributed by atoms with van der Waals surface area (Å²) in [5.74, 6) is 0. The summed E-state index contributed by atoms with van der Waals surface area (Å²) in [5.41, 5.74) is 7.14. The first kappa shape index (κ1) is 20.7. The monoisotopic (exact) mass is 459 g/mol. The molecule has 0 fully saturated rings. The number of fused-ring (bicyclic) bond motifs is 3. The van der Waals surface area contributed by atoms with Crippen molar-refractivity contribution in [1.82, 2.24) is 4.57 Å². The first-order valence-corrected chi connectivity index (χ1v) is 11.9. The Hall–Kier alpha value is -3.88. The van der Waals surface area contributed by atoms with E-state index in [1.807, 2.05) is 12.1 Å². The maximum Gasteiger partial charge on any atom is 0.238 e. The van der Waals surface area contributed by atoms with Crippen LogP contribution in [0.25, 0.3) is 33.1 Å². The lowest BCUT2D eigenvalue weighted by atomic mass is 10.1. The van der Waals surface area contributed by atoms with Crippen LogP contribution in [0.15, 0.2) is 121 Å². The van der Waals surface area contributed by atoms with Gasteiger partial charge in [-0.25, -0.2) is 0 Å². The number of pyridine rings is 1. The SMILES string of the molecule is Clc1ccccc1-c1c2c(cc[n+]1Cc1ccccc1)c1ccccc1n2Cc1ccccc1. The average Bonchev–Trinajstić information content (AvgIpc) is 3.19. The molecule has 0 N–H and O–H groups in total. The van der Waals surface area contributed by atoms with E-state index in [0.29, 0.717) is 0 Å². The van der Waals surface area contributed by atoms with E-state index < -0.39 is 0 Å². The molecule has 0 bridgehead atoms. The molecule has 2 heterocycles. The van der Waals surface area contributed by atoms with Crippen LogP contribution >= 0.6 is 11.6 Å². The molecule has 0 amide bonds. The van der Waals surface area contributed by atoms with Crippen molar-refractivity contribution in [2.75, 3.05) is 0 Å². The average molecular weight is 460 g/mol. The largest absolute Gasteiger partial charge is 0.331 e. The first-order valence-electron chi connectivity index (χ1n) is 11.6. The fourth-order valence-corrected chi connectivity index (χ4v) is 5.13. The van der Waals surface area contributed by atoms with Crippen LogP contribution in [0.3, 0.4) is 0 Å². The van der Waals surface area contributed by atoms with Crippen LogP contribution in [0, 0.1) is 0 Å². The number of nitrogens with zero attached hydrogens (tertiary/aromatic N) is 2. The zero-order valence-electron chi connectivity index (χ0n) is 18.7. The van der Waals surface area contributed by atoms with Crippen molar-refractivity contribution in [3.05, 3.63) is 138 Å². The van der Waals surface area contributed by atoms with E-state index in [1.54, 1.807) is 0 Å². The summed E-state index contributed by atoms with van der Waals surface area (Å²) in [4.78, 5) is 0. The third kappa shape index (κ3) is 3.67. The highest BCUT2D eigenvalue weighted by Gasteiger charge is 2.25. The summed E-state index contributed by atoms with van der Waals surface area (Å²) in [6, 6.07) is 40.4. The van der Waals surface area contributed by atoms with E-state index in [9.17, 15) is 0 Å². The Labute approximate surface area is 204 Å². The molecule has 4 aromatic carbocycles. The molecule has 2 nitrogen and oxygen atoms in total. The van der Waals surface area contributed by atoms with Crippen LogP contribution < -0.4 is 4.57 Å². The third-order valence-electron chi connectivity index (χ3n) is 6.45. The fourth-order valence-electron chi connectivity index (χ4n) is 4.91. The molecule has 0 radical (unpaired) electrons. The second kappa shape index (κ2) is 8.81. The zero-order valence-corrected chi connectivity index (χ0v) is 19.5. The van der Waals surface area contributed by atoms with Crippen LogP contribution in [0.4, 0.5) is 0 Å². The van der Waals surface area contributed by atoms with Gasteiger partial charge in [0, 0.05) is 34.5 Å². The minimum atomic E-state index is 0.758. The molecule has 0 aliphatic heterocycles. The summed E-state index contributed by atoms with van der Waals surface area (Å²) in [6.45, 7) is 1.56. The number of hydrogen-bond acceptors (Lipinski definition) is 0. The topological polar surface area (TPSA) is 8.81 Å². The molecule has 6 aromatic rings. The quantitative estimate of drug-likeness (QED) is 0.236.